The molecular formula is C24H20N2O2. The van der Waals surface area contributed by atoms with Crippen molar-refractivity contribution >= 4 is 16.8 Å². The maximum Gasteiger partial charge on any atom is 0.251 e. The van der Waals surface area contributed by atoms with Crippen molar-refractivity contribution in [3.63, 3.8) is 0 Å². The van der Waals surface area contributed by atoms with Crippen LogP contribution in [0.3, 0.4) is 0 Å². The highest BCUT2D eigenvalue weighted by Crippen LogP contribution is 2.28. The van der Waals surface area contributed by atoms with E-state index in [0.717, 1.165) is 22.0 Å². The molecule has 4 heteroatoms. The lowest BCUT2D eigenvalue weighted by Gasteiger charge is -2.11. The van der Waals surface area contributed by atoms with Gasteiger partial charge in [0.15, 0.2) is 0 Å². The molecule has 0 fully saturated rings. The zero-order valence-corrected chi connectivity index (χ0v) is 15.6. The minimum Gasteiger partial charge on any atom is -0.457 e. The molecule has 138 valence electrons. The highest BCUT2D eigenvalue weighted by atomic mass is 16.5. The van der Waals surface area contributed by atoms with Crippen LogP contribution >= 0.6 is 0 Å². The van der Waals surface area contributed by atoms with Crippen molar-refractivity contribution in [1.82, 2.24) is 10.3 Å². The summed E-state index contributed by atoms with van der Waals surface area (Å²) in [6.07, 6.45) is 1.72. The Kier molecular flexibility index (Phi) is 5.02. The van der Waals surface area contributed by atoms with Crippen LogP contribution in [0.25, 0.3) is 10.9 Å². The van der Waals surface area contributed by atoms with Crippen LogP contribution in [0.1, 0.15) is 21.5 Å². The van der Waals surface area contributed by atoms with E-state index in [2.05, 4.69) is 10.3 Å². The average Bonchev–Trinajstić information content (AvgIpc) is 2.73. The molecule has 1 N–H and O–H groups in total. The summed E-state index contributed by atoms with van der Waals surface area (Å²) < 4.78 is 6.04. The molecule has 1 aromatic heterocycles. The van der Waals surface area contributed by atoms with Gasteiger partial charge in [0, 0.05) is 23.7 Å². The second kappa shape index (κ2) is 7.92. The van der Waals surface area contributed by atoms with Crippen LogP contribution < -0.4 is 10.1 Å². The average molecular weight is 368 g/mol. The number of nitrogens with zero attached hydrogens (tertiary/aromatic N) is 1. The Morgan fingerprint density at radius 3 is 2.68 bits per heavy atom. The third-order valence-electron chi connectivity index (χ3n) is 4.63. The van der Waals surface area contributed by atoms with Gasteiger partial charge in [0.1, 0.15) is 11.5 Å². The van der Waals surface area contributed by atoms with E-state index in [-0.39, 0.29) is 5.91 Å². The van der Waals surface area contributed by atoms with Crippen LogP contribution in [0.4, 0.5) is 0 Å². The first kappa shape index (κ1) is 17.7. The van der Waals surface area contributed by atoms with Gasteiger partial charge in [-0.25, -0.2) is 0 Å². The second-order valence-electron chi connectivity index (χ2n) is 6.57. The number of carbonyl (C=O) groups is 1. The SMILES string of the molecule is Cc1ccccc1CNC(=O)c1cccc(Oc2ccnc3ccccc23)c1. The number of hydrogen-bond donors (Lipinski definition) is 1. The Balaban J connectivity index is 1.51. The maximum atomic E-state index is 12.6. The molecule has 0 saturated carbocycles. The van der Waals surface area contributed by atoms with Crippen LogP contribution in [-0.4, -0.2) is 10.9 Å². The molecule has 4 rings (SSSR count). The Morgan fingerprint density at radius 1 is 0.964 bits per heavy atom. The van der Waals surface area contributed by atoms with E-state index in [1.807, 2.05) is 73.7 Å². The van der Waals surface area contributed by atoms with Gasteiger partial charge in [-0.05, 0) is 54.4 Å². The zero-order valence-electron chi connectivity index (χ0n) is 15.6. The highest BCUT2D eigenvalue weighted by Gasteiger charge is 2.09. The number of fused-ring (bicyclic) bond motifs is 1. The maximum absolute atomic E-state index is 12.6. The number of aromatic nitrogens is 1. The Bertz CT molecular complexity index is 1130. The molecule has 0 unspecified atom stereocenters. The first-order valence-corrected chi connectivity index (χ1v) is 9.15. The van der Waals surface area contributed by atoms with E-state index in [1.54, 1.807) is 18.3 Å². The van der Waals surface area contributed by atoms with Gasteiger partial charge in [-0.3, -0.25) is 9.78 Å². The van der Waals surface area contributed by atoms with E-state index in [1.165, 1.54) is 0 Å². The first-order valence-electron chi connectivity index (χ1n) is 9.15. The predicted octanol–water partition coefficient (Wildman–Crippen LogP) is 5.27. The normalized spacial score (nSPS) is 10.6. The molecule has 0 aliphatic rings. The van der Waals surface area contributed by atoms with E-state index in [4.69, 9.17) is 4.74 Å². The molecule has 0 saturated heterocycles. The molecule has 28 heavy (non-hydrogen) atoms. The number of aryl methyl sites for hydroxylation is 1. The van der Waals surface area contributed by atoms with Crippen molar-refractivity contribution in [2.75, 3.05) is 0 Å². The van der Waals surface area contributed by atoms with Gasteiger partial charge in [0.2, 0.25) is 0 Å². The number of nitrogens with one attached hydrogen (secondary N) is 1. The zero-order chi connectivity index (χ0) is 19.3. The monoisotopic (exact) mass is 368 g/mol. The molecule has 4 nitrogen and oxygen atoms in total. The number of benzene rings is 3. The molecule has 0 radical (unpaired) electrons. The van der Waals surface area contributed by atoms with E-state index >= 15 is 0 Å². The van der Waals surface area contributed by atoms with Gasteiger partial charge < -0.3 is 10.1 Å². The fraction of sp³-hybridized carbons (Fsp3) is 0.0833. The van der Waals surface area contributed by atoms with Crippen molar-refractivity contribution in [3.05, 3.63) is 102 Å². The topological polar surface area (TPSA) is 51.2 Å². The number of para-hydroxylation sites is 1. The summed E-state index contributed by atoms with van der Waals surface area (Å²) in [5, 5.41) is 3.90. The fourth-order valence-electron chi connectivity index (χ4n) is 3.07. The number of rotatable bonds is 5. The molecule has 3 aromatic carbocycles. The van der Waals surface area contributed by atoms with Gasteiger partial charge in [0.05, 0.1) is 5.52 Å². The van der Waals surface area contributed by atoms with Crippen molar-refractivity contribution in [2.45, 2.75) is 13.5 Å². The summed E-state index contributed by atoms with van der Waals surface area (Å²) in [6, 6.07) is 24.8. The molecule has 0 aliphatic carbocycles. The molecular weight excluding hydrogens is 348 g/mol. The van der Waals surface area contributed by atoms with Gasteiger partial charge >= 0.3 is 0 Å². The van der Waals surface area contributed by atoms with E-state index in [9.17, 15) is 4.79 Å². The first-order chi connectivity index (χ1) is 13.7. The largest absolute Gasteiger partial charge is 0.457 e. The molecule has 1 heterocycles. The quantitative estimate of drug-likeness (QED) is 0.522. The summed E-state index contributed by atoms with van der Waals surface area (Å²) in [4.78, 5) is 16.9. The summed E-state index contributed by atoms with van der Waals surface area (Å²) in [7, 11) is 0. The molecule has 0 aliphatic heterocycles. The van der Waals surface area contributed by atoms with Crippen molar-refractivity contribution < 1.29 is 9.53 Å². The standard InChI is InChI=1S/C24H20N2O2/c1-17-7-2-3-8-19(17)16-26-24(27)18-9-6-10-20(15-18)28-23-13-14-25-22-12-5-4-11-21(22)23/h2-15H,16H2,1H3,(H,26,27). The minimum atomic E-state index is -0.131. The van der Waals surface area contributed by atoms with Gasteiger partial charge in [0.25, 0.3) is 5.91 Å². The van der Waals surface area contributed by atoms with Crippen molar-refractivity contribution in [2.24, 2.45) is 0 Å². The highest BCUT2D eigenvalue weighted by molar-refractivity contribution is 5.94. The third-order valence-corrected chi connectivity index (χ3v) is 4.63. The van der Waals surface area contributed by atoms with Gasteiger partial charge in [-0.2, -0.15) is 0 Å². The van der Waals surface area contributed by atoms with Crippen LogP contribution in [0, 0.1) is 6.92 Å². The Morgan fingerprint density at radius 2 is 1.79 bits per heavy atom. The number of amides is 1. The van der Waals surface area contributed by atoms with Crippen LogP contribution in [0.2, 0.25) is 0 Å². The molecule has 0 bridgehead atoms. The van der Waals surface area contributed by atoms with Crippen molar-refractivity contribution in [1.29, 1.82) is 0 Å². The number of hydrogen-bond acceptors (Lipinski definition) is 3. The minimum absolute atomic E-state index is 0.131. The summed E-state index contributed by atoms with van der Waals surface area (Å²) >= 11 is 0. The number of carbonyl (C=O) groups excluding carboxylic acids is 1. The Hall–Kier alpha value is -3.66. The molecule has 1 amide bonds. The molecule has 0 atom stereocenters. The van der Waals surface area contributed by atoms with E-state index in [0.29, 0.717) is 23.6 Å². The summed E-state index contributed by atoms with van der Waals surface area (Å²) in [5.74, 6) is 1.19. The predicted molar refractivity (Wildman–Crippen MR) is 111 cm³/mol. The lowest BCUT2D eigenvalue weighted by atomic mass is 10.1. The van der Waals surface area contributed by atoms with Gasteiger partial charge in [-0.15, -0.1) is 0 Å². The summed E-state index contributed by atoms with van der Waals surface area (Å²) in [6.45, 7) is 2.53. The van der Waals surface area contributed by atoms with E-state index < -0.39 is 0 Å². The smallest absolute Gasteiger partial charge is 0.251 e. The second-order valence-corrected chi connectivity index (χ2v) is 6.57. The third kappa shape index (κ3) is 3.86. The van der Waals surface area contributed by atoms with Crippen LogP contribution in [-0.2, 0) is 6.54 Å². The molecule has 0 spiro atoms. The fourth-order valence-corrected chi connectivity index (χ4v) is 3.07. The number of ether oxygens (including phenoxy) is 1. The van der Waals surface area contributed by atoms with Gasteiger partial charge in [-0.1, -0.05) is 42.5 Å². The lowest BCUT2D eigenvalue weighted by molar-refractivity contribution is 0.0950. The van der Waals surface area contributed by atoms with Crippen LogP contribution in [0.5, 0.6) is 11.5 Å². The van der Waals surface area contributed by atoms with Crippen molar-refractivity contribution in [3.8, 4) is 11.5 Å². The number of pyridine rings is 1. The van der Waals surface area contributed by atoms with Crippen LogP contribution in [0.15, 0.2) is 85.1 Å². The lowest BCUT2D eigenvalue weighted by Crippen LogP contribution is -2.23. The molecule has 4 aromatic rings. The summed E-state index contributed by atoms with van der Waals surface area (Å²) in [5.41, 5.74) is 3.69. The Labute approximate surface area is 163 Å².